The van der Waals surface area contributed by atoms with Crippen LogP contribution in [0, 0.1) is 76.4 Å². The predicted molar refractivity (Wildman–Crippen MR) is 105 cm³/mol. The molecule has 0 bridgehead atoms. The molecule has 132 valence electrons. The Bertz CT molecular complexity index is 283. The molecule has 0 aromatic rings. The molecule has 1 heteroatoms. The smallest absolute Gasteiger partial charge is 0.376 e. The van der Waals surface area contributed by atoms with E-state index in [0.717, 1.165) is 0 Å². The summed E-state index contributed by atoms with van der Waals surface area (Å²) in [6.07, 6.45) is 37.4. The number of allylic oxidation sites excluding steroid dienone is 4. The van der Waals surface area contributed by atoms with Gasteiger partial charge >= 0.3 is 21.7 Å². The standard InChI is InChI=1S/C14H22.2C5H5.Ti/c1-3-13-11-9-7-5-6-8-10-12-14(13)4-2;2*1-2-4-5-3-1;/h5-12H2,1-2H3;2*1-5H;/q-2;;;+2. The third kappa shape index (κ3) is 14.0. The van der Waals surface area contributed by atoms with Crippen LogP contribution in [0.5, 0.6) is 0 Å². The van der Waals surface area contributed by atoms with Gasteiger partial charge in [-0.1, -0.05) is 38.5 Å². The molecule has 0 heterocycles. The molecule has 0 aromatic heterocycles. The van der Waals surface area contributed by atoms with E-state index in [2.05, 4.69) is 12.2 Å². The van der Waals surface area contributed by atoms with Gasteiger partial charge < -0.3 is 23.3 Å². The fourth-order valence-electron chi connectivity index (χ4n) is 2.81. The van der Waals surface area contributed by atoms with E-state index < -0.39 is 0 Å². The third-order valence-corrected chi connectivity index (χ3v) is 4.18. The Morgan fingerprint density at radius 1 is 0.480 bits per heavy atom. The van der Waals surface area contributed by atoms with Gasteiger partial charge in [-0.25, -0.2) is 0 Å². The summed E-state index contributed by atoms with van der Waals surface area (Å²) in [6.45, 7) is 4.08. The van der Waals surface area contributed by atoms with Gasteiger partial charge in [-0.2, -0.15) is 0 Å². The summed E-state index contributed by atoms with van der Waals surface area (Å²) in [5.74, 6) is 0. The van der Waals surface area contributed by atoms with E-state index in [4.69, 9.17) is 0 Å². The molecule has 0 nitrogen and oxygen atoms in total. The van der Waals surface area contributed by atoms with Crippen LogP contribution in [0.3, 0.4) is 0 Å². The van der Waals surface area contributed by atoms with Crippen molar-refractivity contribution in [1.29, 1.82) is 0 Å². The van der Waals surface area contributed by atoms with Gasteiger partial charge in [-0.15, -0.1) is 26.7 Å². The second kappa shape index (κ2) is 19.0. The second-order valence-corrected chi connectivity index (χ2v) is 6.00. The molecule has 0 saturated heterocycles. The first-order valence-electron chi connectivity index (χ1n) is 9.29. The molecule has 0 amide bonds. The van der Waals surface area contributed by atoms with Crippen LogP contribution in [0.4, 0.5) is 0 Å². The van der Waals surface area contributed by atoms with Gasteiger partial charge in [0.25, 0.3) is 0 Å². The van der Waals surface area contributed by atoms with Gasteiger partial charge in [0.2, 0.25) is 0 Å². The van der Waals surface area contributed by atoms with E-state index >= 15 is 0 Å². The molecule has 3 rings (SSSR count). The van der Waals surface area contributed by atoms with Crippen molar-refractivity contribution in [1.82, 2.24) is 0 Å². The van der Waals surface area contributed by atoms with E-state index in [1.54, 1.807) is 0 Å². The van der Waals surface area contributed by atoms with Crippen molar-refractivity contribution in [2.45, 2.75) is 65.2 Å². The van der Waals surface area contributed by atoms with Gasteiger partial charge in [0.05, 0.1) is 0 Å². The Kier molecular flexibility index (Phi) is 19.1. The summed E-state index contributed by atoms with van der Waals surface area (Å²) in [6, 6.07) is 0. The van der Waals surface area contributed by atoms with Crippen LogP contribution in [0.25, 0.3) is 0 Å². The fraction of sp³-hybridized carbons (Fsp3) is 0.417. The number of rotatable bonds is 0. The normalized spacial score (nSPS) is 24.6. The summed E-state index contributed by atoms with van der Waals surface area (Å²) in [4.78, 5) is 0. The van der Waals surface area contributed by atoms with E-state index in [-0.39, 0.29) is 21.7 Å². The Morgan fingerprint density at radius 2 is 0.720 bits per heavy atom. The minimum absolute atomic E-state index is 0. The number of hydrogen-bond acceptors (Lipinski definition) is 0. The van der Waals surface area contributed by atoms with Crippen LogP contribution in [0.1, 0.15) is 65.2 Å². The molecule has 25 heavy (non-hydrogen) atoms. The van der Waals surface area contributed by atoms with Crippen molar-refractivity contribution in [2.24, 2.45) is 0 Å². The molecule has 0 spiro atoms. The first-order chi connectivity index (χ1) is 11.9. The SMILES string of the molecule is C[C-]=C1CCCCCCCCC1=[C-]C.[CH]1[CH][CH][CH][CH]1.[CH]1[CH][CH][CH][CH]1.[Ti+2]. The molecule has 0 aliphatic heterocycles. The van der Waals surface area contributed by atoms with Crippen molar-refractivity contribution in [2.75, 3.05) is 0 Å². The first kappa shape index (κ1) is 25.2. The predicted octanol–water partition coefficient (Wildman–Crippen LogP) is 6.66. The minimum Gasteiger partial charge on any atom is -0.376 e. The van der Waals surface area contributed by atoms with Crippen molar-refractivity contribution in [3.63, 3.8) is 0 Å². The van der Waals surface area contributed by atoms with Crippen LogP contribution >= 0.6 is 0 Å². The topological polar surface area (TPSA) is 0 Å². The zero-order valence-corrected chi connectivity index (χ0v) is 17.5. The van der Waals surface area contributed by atoms with Crippen molar-refractivity contribution in [3.8, 4) is 0 Å². The first-order valence-corrected chi connectivity index (χ1v) is 9.29. The maximum absolute atomic E-state index is 3.34. The summed E-state index contributed by atoms with van der Waals surface area (Å²) in [7, 11) is 0. The molecule has 3 fully saturated rings. The van der Waals surface area contributed by atoms with Crippen molar-refractivity contribution < 1.29 is 21.7 Å². The number of hydrogen-bond donors (Lipinski definition) is 0. The Morgan fingerprint density at radius 3 is 0.960 bits per heavy atom. The van der Waals surface area contributed by atoms with Gasteiger partial charge in [0.1, 0.15) is 0 Å². The molecule has 3 saturated carbocycles. The summed E-state index contributed by atoms with van der Waals surface area (Å²) < 4.78 is 0. The van der Waals surface area contributed by atoms with Crippen LogP contribution in [0.15, 0.2) is 11.1 Å². The third-order valence-electron chi connectivity index (χ3n) is 4.18. The Labute approximate surface area is 174 Å². The quantitative estimate of drug-likeness (QED) is 0.331. The zero-order chi connectivity index (χ0) is 17.3. The van der Waals surface area contributed by atoms with E-state index in [1.165, 1.54) is 62.5 Å². The molecule has 0 atom stereocenters. The Hall–Kier alpha value is 0.194. The maximum atomic E-state index is 3.34. The van der Waals surface area contributed by atoms with E-state index in [0.29, 0.717) is 0 Å². The fourth-order valence-corrected chi connectivity index (χ4v) is 2.81. The van der Waals surface area contributed by atoms with Gasteiger partial charge in [0, 0.05) is 0 Å². The molecule has 0 N–H and O–H groups in total. The minimum atomic E-state index is 0. The zero-order valence-electron chi connectivity index (χ0n) is 15.9. The molecule has 10 radical (unpaired) electrons. The molecular weight excluding hydrogens is 336 g/mol. The van der Waals surface area contributed by atoms with Crippen LogP contribution < -0.4 is 0 Å². The van der Waals surface area contributed by atoms with E-state index in [9.17, 15) is 0 Å². The van der Waals surface area contributed by atoms with Gasteiger partial charge in [-0.3, -0.25) is 0 Å². The largest absolute Gasteiger partial charge is 2.00 e. The van der Waals surface area contributed by atoms with Gasteiger partial charge in [-0.05, 0) is 64.2 Å². The van der Waals surface area contributed by atoms with Crippen molar-refractivity contribution in [3.05, 3.63) is 87.5 Å². The van der Waals surface area contributed by atoms with Crippen LogP contribution in [0.2, 0.25) is 0 Å². The van der Waals surface area contributed by atoms with Gasteiger partial charge in [0.15, 0.2) is 0 Å². The Balaban J connectivity index is 0.000000425. The van der Waals surface area contributed by atoms with Crippen LogP contribution in [-0.4, -0.2) is 0 Å². The second-order valence-electron chi connectivity index (χ2n) is 6.00. The average Bonchev–Trinajstić information content (AvgIpc) is 3.37. The summed E-state index contributed by atoms with van der Waals surface area (Å²) in [5, 5.41) is 0. The van der Waals surface area contributed by atoms with E-state index in [1.807, 2.05) is 78.1 Å². The molecule has 0 unspecified atom stereocenters. The monoisotopic (exact) mass is 368 g/mol. The van der Waals surface area contributed by atoms with Crippen molar-refractivity contribution >= 4 is 0 Å². The summed E-state index contributed by atoms with van der Waals surface area (Å²) >= 11 is 0. The molecule has 3 aliphatic rings. The average molecular weight is 368 g/mol. The van der Waals surface area contributed by atoms with Crippen LogP contribution in [-0.2, 0) is 21.7 Å². The maximum Gasteiger partial charge on any atom is 2.00 e. The summed E-state index contributed by atoms with van der Waals surface area (Å²) in [5.41, 5.74) is 2.85. The molecule has 3 aliphatic carbocycles. The molecular formula is C24H32Ti. The molecule has 0 aromatic carbocycles.